The van der Waals surface area contributed by atoms with Gasteiger partial charge in [-0.2, -0.15) is 0 Å². The number of carbonyl (C=O) groups is 6. The molecule has 0 spiro atoms. The molecule has 2 aliphatic heterocycles. The number of carboxylic acids is 1. The van der Waals surface area contributed by atoms with Crippen LogP contribution < -0.4 is 32.3 Å². The Morgan fingerprint density at radius 3 is 2.49 bits per heavy atom. The van der Waals surface area contributed by atoms with E-state index in [9.17, 15) is 33.9 Å². The molecule has 5 amide bonds. The molecule has 16 nitrogen and oxygen atoms in total. The van der Waals surface area contributed by atoms with Crippen molar-refractivity contribution in [2.75, 3.05) is 20.1 Å². The molecule has 4 atom stereocenters. The maximum atomic E-state index is 14.2. The molecular weight excluding hydrogens is 658 g/mol. The van der Waals surface area contributed by atoms with Gasteiger partial charge in [-0.15, -0.1) is 0 Å². The molecular formula is C35H48N9O7+. The monoisotopic (exact) mass is 706 g/mol. The summed E-state index contributed by atoms with van der Waals surface area (Å²) in [6.07, 6.45) is 11.3. The first-order valence-corrected chi connectivity index (χ1v) is 17.0. The third-order valence-corrected chi connectivity index (χ3v) is 8.85. The van der Waals surface area contributed by atoms with Gasteiger partial charge in [-0.3, -0.25) is 39.0 Å². The van der Waals surface area contributed by atoms with Crippen LogP contribution in [-0.4, -0.2) is 99.7 Å². The summed E-state index contributed by atoms with van der Waals surface area (Å²) in [5, 5.41) is 22.6. The molecule has 51 heavy (non-hydrogen) atoms. The second-order valence-electron chi connectivity index (χ2n) is 12.9. The van der Waals surface area contributed by atoms with E-state index < -0.39 is 78.6 Å². The fraction of sp³-hybridized carbons (Fsp3) is 0.429. The first kappa shape index (κ1) is 38.2. The number of hydrogen-bond acceptors (Lipinski definition) is 8. The van der Waals surface area contributed by atoms with E-state index in [0.29, 0.717) is 24.9 Å². The van der Waals surface area contributed by atoms with Crippen LogP contribution >= 0.6 is 0 Å². The number of para-hydroxylation sites is 1. The molecule has 1 saturated heterocycles. The van der Waals surface area contributed by atoms with E-state index >= 15 is 0 Å². The molecule has 4 rings (SSSR count). The lowest BCUT2D eigenvalue weighted by atomic mass is 9.98. The predicted molar refractivity (Wildman–Crippen MR) is 187 cm³/mol. The predicted octanol–water partition coefficient (Wildman–Crippen LogP) is -0.913. The minimum Gasteiger partial charge on any atom is -0.481 e. The van der Waals surface area contributed by atoms with E-state index in [-0.39, 0.29) is 12.8 Å². The van der Waals surface area contributed by atoms with Gasteiger partial charge in [-0.25, -0.2) is 0 Å². The molecule has 0 radical (unpaired) electrons. The molecule has 0 aliphatic carbocycles. The van der Waals surface area contributed by atoms with E-state index in [1.165, 1.54) is 18.1 Å². The van der Waals surface area contributed by atoms with Gasteiger partial charge in [0.2, 0.25) is 35.4 Å². The lowest BCUT2D eigenvalue weighted by molar-refractivity contribution is -0.538. The number of quaternary nitrogens is 1. The lowest BCUT2D eigenvalue weighted by Gasteiger charge is -2.34. The standard InChI is InChI=1S/C35H47N9O7/c1-21(2)31-34(50)41-25(11-6-7-15-44-16-14-37-28(44)12-8-13-36)32(48)39-20-29(45)40-26(18-30(46)47)33(49)42-27(35(51)43(31)3)17-22-19-38-24-10-5-4-9-23(22)24/h4-5,8-10,12-14,16,19,21,25-27,31,37-38H,6-7,11,15,17-18,20,36H2,1-3H3,(H,39,48)(H,40,45)(H,41,50)(H,42,49)(H,46,47)/p+1/b13-8-,28-12+. The highest BCUT2D eigenvalue weighted by molar-refractivity contribution is 5.98. The van der Waals surface area contributed by atoms with Crippen molar-refractivity contribution in [3.05, 3.63) is 72.6 Å². The lowest BCUT2D eigenvalue weighted by Crippen LogP contribution is -2.75. The number of benzene rings is 1. The maximum absolute atomic E-state index is 14.2. The van der Waals surface area contributed by atoms with Gasteiger partial charge in [0, 0.05) is 43.2 Å². The highest BCUT2D eigenvalue weighted by Crippen LogP contribution is 2.21. The van der Waals surface area contributed by atoms with E-state index in [1.54, 1.807) is 26.1 Å². The van der Waals surface area contributed by atoms with Crippen molar-refractivity contribution in [3.8, 4) is 0 Å². The van der Waals surface area contributed by atoms with Gasteiger partial charge in [0.1, 0.15) is 30.4 Å². The van der Waals surface area contributed by atoms with Crippen LogP contribution in [0.4, 0.5) is 0 Å². The highest BCUT2D eigenvalue weighted by Gasteiger charge is 2.37. The number of amides is 5. The Hall–Kier alpha value is -5.64. The summed E-state index contributed by atoms with van der Waals surface area (Å²) >= 11 is 0. The SMILES string of the molecule is CC(C)C1C(=O)NC(CCCCN2C=C[NH2+]/C2=C\C=C/N)C(=O)NCC(=O)NC(CC(=O)O)C(=O)NC(Cc2c[nH]c3ccccc23)C(=O)N1C. The molecule has 1 fully saturated rings. The van der Waals surface area contributed by atoms with Gasteiger partial charge in [0.15, 0.2) is 0 Å². The summed E-state index contributed by atoms with van der Waals surface area (Å²) < 4.78 is 0. The Balaban J connectivity index is 1.60. The number of carboxylic acid groups (broad SMARTS) is 1. The number of nitrogens with two attached hydrogens (primary N) is 2. The van der Waals surface area contributed by atoms with Crippen LogP contribution in [-0.2, 0) is 35.2 Å². The summed E-state index contributed by atoms with van der Waals surface area (Å²) in [4.78, 5) is 86.2. The summed E-state index contributed by atoms with van der Waals surface area (Å²) in [5.74, 6) is -4.34. The number of unbranched alkanes of at least 4 members (excludes halogenated alkanes) is 1. The van der Waals surface area contributed by atoms with Crippen molar-refractivity contribution in [2.45, 2.75) is 70.1 Å². The summed E-state index contributed by atoms with van der Waals surface area (Å²) in [6, 6.07) is 2.54. The average molecular weight is 707 g/mol. The van der Waals surface area contributed by atoms with Crippen LogP contribution in [0.2, 0.25) is 0 Å². The van der Waals surface area contributed by atoms with Gasteiger partial charge in [-0.1, -0.05) is 32.0 Å². The van der Waals surface area contributed by atoms with Crippen LogP contribution in [0, 0.1) is 5.92 Å². The molecule has 1 aromatic heterocycles. The van der Waals surface area contributed by atoms with Gasteiger partial charge >= 0.3 is 5.97 Å². The Bertz CT molecular complexity index is 1700. The quantitative estimate of drug-likeness (QED) is 0.135. The smallest absolute Gasteiger partial charge is 0.305 e. The molecule has 2 aliphatic rings. The number of aliphatic carboxylic acids is 1. The van der Waals surface area contributed by atoms with Gasteiger partial charge < -0.3 is 42.0 Å². The second-order valence-corrected chi connectivity index (χ2v) is 12.9. The Morgan fingerprint density at radius 1 is 1.02 bits per heavy atom. The number of likely N-dealkylation sites (N-methyl/N-ethyl adjacent to an activating group) is 1. The number of carbonyl (C=O) groups excluding carboxylic acids is 5. The number of H-pyrrole nitrogens is 1. The zero-order chi connectivity index (χ0) is 37.1. The maximum Gasteiger partial charge on any atom is 0.305 e. The number of aromatic nitrogens is 1. The van der Waals surface area contributed by atoms with Crippen LogP contribution in [0.25, 0.3) is 10.9 Å². The zero-order valence-electron chi connectivity index (χ0n) is 29.1. The van der Waals surface area contributed by atoms with Crippen LogP contribution in [0.1, 0.15) is 45.1 Å². The Morgan fingerprint density at radius 2 is 1.76 bits per heavy atom. The van der Waals surface area contributed by atoms with Crippen molar-refractivity contribution < 1.29 is 39.2 Å². The van der Waals surface area contributed by atoms with E-state index in [1.807, 2.05) is 53.0 Å². The summed E-state index contributed by atoms with van der Waals surface area (Å²) in [7, 11) is 1.45. The zero-order valence-corrected chi connectivity index (χ0v) is 29.1. The fourth-order valence-corrected chi connectivity index (χ4v) is 6.31. The minimum atomic E-state index is -1.55. The van der Waals surface area contributed by atoms with E-state index in [4.69, 9.17) is 5.73 Å². The Kier molecular flexibility index (Phi) is 13.4. The third-order valence-electron chi connectivity index (χ3n) is 8.85. The number of nitrogens with zero attached hydrogens (tertiary/aromatic N) is 2. The first-order valence-electron chi connectivity index (χ1n) is 17.0. The first-order chi connectivity index (χ1) is 24.4. The van der Waals surface area contributed by atoms with Crippen molar-refractivity contribution in [2.24, 2.45) is 11.7 Å². The number of rotatable bonds is 11. The van der Waals surface area contributed by atoms with E-state index in [2.05, 4.69) is 26.3 Å². The van der Waals surface area contributed by atoms with Crippen molar-refractivity contribution >= 4 is 46.4 Å². The van der Waals surface area contributed by atoms with Crippen LogP contribution in [0.15, 0.2) is 67.0 Å². The largest absolute Gasteiger partial charge is 0.481 e. The molecule has 2 aromatic rings. The molecule has 1 aromatic carbocycles. The Labute approximate surface area is 295 Å². The molecule has 3 heterocycles. The number of fused-ring (bicyclic) bond motifs is 1. The third kappa shape index (κ3) is 10.2. The van der Waals surface area contributed by atoms with Crippen LogP contribution in [0.3, 0.4) is 0 Å². The van der Waals surface area contributed by atoms with Crippen molar-refractivity contribution in [1.29, 1.82) is 0 Å². The number of hydrogen-bond donors (Lipinski definition) is 8. The number of allylic oxidation sites excluding steroid dienone is 2. The molecule has 0 saturated carbocycles. The normalized spacial score (nSPS) is 23.4. The van der Waals surface area contributed by atoms with Gasteiger partial charge in [-0.05, 0) is 49.1 Å². The van der Waals surface area contributed by atoms with E-state index in [0.717, 1.165) is 16.7 Å². The minimum absolute atomic E-state index is 0.00510. The topological polar surface area (TPSA) is 236 Å². The fourth-order valence-electron chi connectivity index (χ4n) is 6.31. The summed E-state index contributed by atoms with van der Waals surface area (Å²) in [6.45, 7) is 3.59. The van der Waals surface area contributed by atoms with Crippen molar-refractivity contribution in [3.63, 3.8) is 0 Å². The second kappa shape index (κ2) is 17.8. The van der Waals surface area contributed by atoms with Gasteiger partial charge in [0.25, 0.3) is 0 Å². The van der Waals surface area contributed by atoms with Gasteiger partial charge in [0.05, 0.1) is 19.2 Å². The number of aromatic amines is 1. The highest BCUT2D eigenvalue weighted by atomic mass is 16.4. The summed E-state index contributed by atoms with van der Waals surface area (Å²) in [5.41, 5.74) is 6.98. The van der Waals surface area contributed by atoms with Crippen LogP contribution in [0.5, 0.6) is 0 Å². The van der Waals surface area contributed by atoms with Crippen molar-refractivity contribution in [1.82, 2.24) is 36.1 Å². The molecule has 16 heteroatoms. The number of nitrogens with one attached hydrogen (secondary N) is 5. The molecule has 4 unspecified atom stereocenters. The molecule has 0 bridgehead atoms. The average Bonchev–Trinajstić information content (AvgIpc) is 3.72. The molecule has 10 N–H and O–H groups in total. The molecule has 274 valence electrons.